The van der Waals surface area contributed by atoms with Gasteiger partial charge in [0.1, 0.15) is 13.2 Å². The highest BCUT2D eigenvalue weighted by Gasteiger charge is 2.27. The molecule has 0 saturated carbocycles. The zero-order valence-electron chi connectivity index (χ0n) is 20.3. The van der Waals surface area contributed by atoms with Crippen LogP contribution in [0.2, 0.25) is 0 Å². The van der Waals surface area contributed by atoms with E-state index < -0.39 is 10.0 Å². The van der Waals surface area contributed by atoms with E-state index >= 15 is 0 Å². The molecular formula is C28H28N2O5S. The van der Waals surface area contributed by atoms with Gasteiger partial charge in [0.15, 0.2) is 11.5 Å². The molecule has 0 fully saturated rings. The van der Waals surface area contributed by atoms with Crippen molar-refractivity contribution >= 4 is 20.9 Å². The van der Waals surface area contributed by atoms with Crippen LogP contribution in [0.25, 0.3) is 10.9 Å². The quantitative estimate of drug-likeness (QED) is 0.404. The van der Waals surface area contributed by atoms with Crippen molar-refractivity contribution in [3.05, 3.63) is 99.3 Å². The van der Waals surface area contributed by atoms with Gasteiger partial charge in [-0.25, -0.2) is 8.42 Å². The average molecular weight is 505 g/mol. The number of rotatable bonds is 7. The predicted octanol–water partition coefficient (Wildman–Crippen LogP) is 4.35. The Balaban J connectivity index is 1.52. The second kappa shape index (κ2) is 9.79. The van der Waals surface area contributed by atoms with Crippen LogP contribution in [0.5, 0.6) is 11.5 Å². The summed E-state index contributed by atoms with van der Waals surface area (Å²) < 4.78 is 40.2. The lowest BCUT2D eigenvalue weighted by Crippen LogP contribution is -2.34. The van der Waals surface area contributed by atoms with Crippen molar-refractivity contribution in [3.8, 4) is 11.5 Å². The molecule has 0 radical (unpaired) electrons. The number of aromatic amines is 1. The van der Waals surface area contributed by atoms with E-state index in [1.54, 1.807) is 12.1 Å². The van der Waals surface area contributed by atoms with Crippen molar-refractivity contribution in [1.29, 1.82) is 0 Å². The smallest absolute Gasteiger partial charge is 0.252 e. The first-order valence-electron chi connectivity index (χ1n) is 11.9. The topological polar surface area (TPSA) is 88.7 Å². The molecule has 0 amide bonds. The molecule has 2 heterocycles. The Morgan fingerprint density at radius 1 is 0.889 bits per heavy atom. The maximum atomic E-state index is 13.9. The maximum Gasteiger partial charge on any atom is 0.252 e. The van der Waals surface area contributed by atoms with Gasteiger partial charge in [-0.3, -0.25) is 4.79 Å². The van der Waals surface area contributed by atoms with Crippen LogP contribution < -0.4 is 15.0 Å². The highest BCUT2D eigenvalue weighted by molar-refractivity contribution is 7.89. The second-order valence-corrected chi connectivity index (χ2v) is 11.0. The zero-order chi connectivity index (χ0) is 25.3. The minimum absolute atomic E-state index is 0.0538. The lowest BCUT2D eigenvalue weighted by atomic mass is 10.1. The Hall–Kier alpha value is -3.62. The van der Waals surface area contributed by atoms with Crippen molar-refractivity contribution in [1.82, 2.24) is 9.29 Å². The van der Waals surface area contributed by atoms with Crippen LogP contribution >= 0.6 is 0 Å². The van der Waals surface area contributed by atoms with Crippen LogP contribution in [0.1, 0.15) is 22.3 Å². The summed E-state index contributed by atoms with van der Waals surface area (Å²) in [7, 11) is -3.95. The fourth-order valence-electron chi connectivity index (χ4n) is 4.42. The Labute approximate surface area is 210 Å². The number of hydrogen-bond donors (Lipinski definition) is 1. The molecule has 1 aromatic heterocycles. The summed E-state index contributed by atoms with van der Waals surface area (Å²) in [4.78, 5) is 15.9. The van der Waals surface area contributed by atoms with Crippen LogP contribution in [-0.2, 0) is 23.0 Å². The minimum atomic E-state index is -3.95. The maximum absolute atomic E-state index is 13.9. The van der Waals surface area contributed by atoms with Gasteiger partial charge < -0.3 is 14.5 Å². The van der Waals surface area contributed by atoms with E-state index in [2.05, 4.69) is 4.98 Å². The molecule has 0 spiro atoms. The standard InChI is InChI=1S/C28H28N2O5S/c1-19-4-3-5-21(14-19)10-11-30(18-23-16-22-15-20(2)6-8-25(22)29-28(23)31)36(32,33)24-7-9-26-27(17-24)35-13-12-34-26/h3-9,14-17H,10-13,18H2,1-2H3,(H,29,31). The summed E-state index contributed by atoms with van der Waals surface area (Å²) >= 11 is 0. The number of hydrogen-bond acceptors (Lipinski definition) is 5. The molecule has 8 heteroatoms. The Morgan fingerprint density at radius 2 is 1.67 bits per heavy atom. The van der Waals surface area contributed by atoms with Gasteiger partial charge in [-0.1, -0.05) is 41.5 Å². The summed E-state index contributed by atoms with van der Waals surface area (Å²) in [6.45, 7) is 4.92. The molecule has 0 unspecified atom stereocenters. The van der Waals surface area contributed by atoms with E-state index in [-0.39, 0.29) is 23.5 Å². The van der Waals surface area contributed by atoms with Gasteiger partial charge in [0.25, 0.3) is 5.56 Å². The van der Waals surface area contributed by atoms with E-state index in [0.29, 0.717) is 36.7 Å². The lowest BCUT2D eigenvalue weighted by Gasteiger charge is -2.24. The van der Waals surface area contributed by atoms with E-state index in [4.69, 9.17) is 9.47 Å². The summed E-state index contributed by atoms with van der Waals surface area (Å²) in [6, 6.07) is 20.2. The second-order valence-electron chi connectivity index (χ2n) is 9.10. The lowest BCUT2D eigenvalue weighted by molar-refractivity contribution is 0.171. The van der Waals surface area contributed by atoms with E-state index in [0.717, 1.165) is 27.6 Å². The highest BCUT2D eigenvalue weighted by atomic mass is 32.2. The molecule has 1 N–H and O–H groups in total. The number of sulfonamides is 1. The molecule has 7 nitrogen and oxygen atoms in total. The van der Waals surface area contributed by atoms with Crippen molar-refractivity contribution < 1.29 is 17.9 Å². The van der Waals surface area contributed by atoms with Gasteiger partial charge in [0.05, 0.1) is 4.90 Å². The van der Waals surface area contributed by atoms with Crippen LogP contribution in [0.3, 0.4) is 0 Å². The van der Waals surface area contributed by atoms with E-state index in [9.17, 15) is 13.2 Å². The minimum Gasteiger partial charge on any atom is -0.486 e. The van der Waals surface area contributed by atoms with Gasteiger partial charge in [0.2, 0.25) is 10.0 Å². The SMILES string of the molecule is Cc1cccc(CCN(Cc2cc3cc(C)ccc3[nH]c2=O)S(=O)(=O)c2ccc3c(c2)OCCO3)c1. The van der Waals surface area contributed by atoms with Gasteiger partial charge in [-0.2, -0.15) is 4.31 Å². The van der Waals surface area contributed by atoms with Gasteiger partial charge in [-0.05, 0) is 61.5 Å². The number of pyridine rings is 1. The number of benzene rings is 3. The first-order chi connectivity index (χ1) is 17.3. The molecule has 0 aliphatic carbocycles. The highest BCUT2D eigenvalue weighted by Crippen LogP contribution is 2.33. The van der Waals surface area contributed by atoms with E-state index in [1.165, 1.54) is 16.4 Å². The molecular weight excluding hydrogens is 476 g/mol. The molecule has 4 aromatic rings. The van der Waals surface area contributed by atoms with Gasteiger partial charge in [0, 0.05) is 30.2 Å². The van der Waals surface area contributed by atoms with Crippen molar-refractivity contribution in [2.24, 2.45) is 0 Å². The molecule has 0 atom stereocenters. The third-order valence-corrected chi connectivity index (χ3v) is 8.15. The largest absolute Gasteiger partial charge is 0.486 e. The molecule has 1 aliphatic heterocycles. The Bertz CT molecular complexity index is 1590. The summed E-state index contributed by atoms with van der Waals surface area (Å²) in [5.41, 5.74) is 3.99. The molecule has 0 bridgehead atoms. The summed E-state index contributed by atoms with van der Waals surface area (Å²) in [5.74, 6) is 0.924. The first-order valence-corrected chi connectivity index (χ1v) is 13.3. The van der Waals surface area contributed by atoms with Gasteiger partial charge >= 0.3 is 0 Å². The van der Waals surface area contributed by atoms with Crippen LogP contribution in [-0.4, -0.2) is 37.5 Å². The summed E-state index contributed by atoms with van der Waals surface area (Å²) in [5, 5.41) is 0.861. The van der Waals surface area contributed by atoms with Gasteiger partial charge in [-0.15, -0.1) is 0 Å². The molecule has 3 aromatic carbocycles. The fraction of sp³-hybridized carbons (Fsp3) is 0.250. The number of aryl methyl sites for hydroxylation is 2. The average Bonchev–Trinajstić information content (AvgIpc) is 2.86. The third kappa shape index (κ3) is 5.01. The Morgan fingerprint density at radius 3 is 2.47 bits per heavy atom. The van der Waals surface area contributed by atoms with E-state index in [1.807, 2.05) is 56.3 Å². The number of ether oxygens (including phenoxy) is 2. The van der Waals surface area contributed by atoms with Crippen LogP contribution in [0, 0.1) is 13.8 Å². The molecule has 0 saturated heterocycles. The molecule has 186 valence electrons. The van der Waals surface area contributed by atoms with Crippen molar-refractivity contribution in [2.75, 3.05) is 19.8 Å². The fourth-order valence-corrected chi connectivity index (χ4v) is 5.85. The van der Waals surface area contributed by atoms with Crippen LogP contribution in [0.15, 0.2) is 76.4 Å². The van der Waals surface area contributed by atoms with Crippen molar-refractivity contribution in [3.63, 3.8) is 0 Å². The summed E-state index contributed by atoms with van der Waals surface area (Å²) in [6.07, 6.45) is 0.510. The predicted molar refractivity (Wildman–Crippen MR) is 139 cm³/mol. The number of nitrogens with zero attached hydrogens (tertiary/aromatic N) is 1. The first kappa shape index (κ1) is 24.1. The monoisotopic (exact) mass is 504 g/mol. The molecule has 36 heavy (non-hydrogen) atoms. The number of fused-ring (bicyclic) bond motifs is 2. The third-order valence-electron chi connectivity index (χ3n) is 6.31. The molecule has 5 rings (SSSR count). The number of H-pyrrole nitrogens is 1. The van der Waals surface area contributed by atoms with Crippen LogP contribution in [0.4, 0.5) is 0 Å². The number of aromatic nitrogens is 1. The normalized spacial score (nSPS) is 13.3. The Kier molecular flexibility index (Phi) is 6.55. The molecule has 1 aliphatic rings. The number of nitrogens with one attached hydrogen (secondary N) is 1. The van der Waals surface area contributed by atoms with Crippen molar-refractivity contribution in [2.45, 2.75) is 31.7 Å². The zero-order valence-corrected chi connectivity index (χ0v) is 21.1.